The largest absolute Gasteiger partial charge is 0.354 e. The van der Waals surface area contributed by atoms with Gasteiger partial charge in [-0.25, -0.2) is 4.98 Å². The van der Waals surface area contributed by atoms with Crippen molar-refractivity contribution in [3.05, 3.63) is 44.9 Å². The number of thiazole rings is 1. The Balaban J connectivity index is 2.04. The summed E-state index contributed by atoms with van der Waals surface area (Å²) in [6.45, 7) is 7.90. The van der Waals surface area contributed by atoms with Crippen molar-refractivity contribution in [2.45, 2.75) is 40.2 Å². The predicted octanol–water partition coefficient (Wildman–Crippen LogP) is 4.25. The normalized spacial score (nSPS) is 11.0. The van der Waals surface area contributed by atoms with Gasteiger partial charge < -0.3 is 15.5 Å². The number of nitrogens with zero attached hydrogens (tertiary/aromatic N) is 2. The summed E-state index contributed by atoms with van der Waals surface area (Å²) in [7, 11) is 0. The summed E-state index contributed by atoms with van der Waals surface area (Å²) in [5, 5.41) is 8.25. The number of anilines is 1. The minimum Gasteiger partial charge on any atom is -0.354 e. The highest BCUT2D eigenvalue weighted by molar-refractivity contribution is 7.13. The fraction of sp³-hybridized carbons (Fsp3) is 0.429. The molecule has 10 heteroatoms. The number of carbonyl (C=O) groups excluding carboxylic acids is 3. The second kappa shape index (κ2) is 11.5. The third-order valence-corrected chi connectivity index (χ3v) is 5.31. The zero-order valence-corrected chi connectivity index (χ0v) is 20.2. The summed E-state index contributed by atoms with van der Waals surface area (Å²) < 4.78 is 0. The van der Waals surface area contributed by atoms with Crippen LogP contribution in [-0.2, 0) is 16.0 Å². The van der Waals surface area contributed by atoms with Gasteiger partial charge in [0.1, 0.15) is 6.54 Å². The van der Waals surface area contributed by atoms with E-state index < -0.39 is 0 Å². The van der Waals surface area contributed by atoms with Crippen LogP contribution in [0.2, 0.25) is 10.0 Å². The minimum atomic E-state index is -0.383. The highest BCUT2D eigenvalue weighted by Crippen LogP contribution is 2.23. The molecule has 1 aromatic carbocycles. The van der Waals surface area contributed by atoms with Gasteiger partial charge in [0.15, 0.2) is 5.13 Å². The van der Waals surface area contributed by atoms with Gasteiger partial charge in [-0.3, -0.25) is 14.4 Å². The Bertz CT molecular complexity index is 946. The summed E-state index contributed by atoms with van der Waals surface area (Å²) in [4.78, 5) is 43.1. The number of nitrogens with one attached hydrogen (secondary N) is 2. The molecule has 1 aromatic heterocycles. The Kier molecular flexibility index (Phi) is 9.28. The summed E-state index contributed by atoms with van der Waals surface area (Å²) >= 11 is 13.3. The van der Waals surface area contributed by atoms with E-state index in [0.717, 1.165) is 0 Å². The number of halogens is 2. The van der Waals surface area contributed by atoms with Crippen LogP contribution in [0.5, 0.6) is 0 Å². The number of aromatic nitrogens is 1. The first-order valence-corrected chi connectivity index (χ1v) is 11.5. The van der Waals surface area contributed by atoms with E-state index in [-0.39, 0.29) is 53.2 Å². The second-order valence-electron chi connectivity index (χ2n) is 7.79. The maximum Gasteiger partial charge on any atom is 0.255 e. The van der Waals surface area contributed by atoms with Gasteiger partial charge >= 0.3 is 0 Å². The third kappa shape index (κ3) is 8.12. The Morgan fingerprint density at radius 2 is 1.84 bits per heavy atom. The Morgan fingerprint density at radius 1 is 1.13 bits per heavy atom. The molecule has 0 aliphatic carbocycles. The lowest BCUT2D eigenvalue weighted by molar-refractivity contribution is -0.121. The van der Waals surface area contributed by atoms with Gasteiger partial charge in [0, 0.05) is 23.0 Å². The van der Waals surface area contributed by atoms with Crippen LogP contribution in [-0.4, -0.2) is 46.7 Å². The first-order valence-electron chi connectivity index (χ1n) is 9.83. The van der Waals surface area contributed by atoms with Gasteiger partial charge in [0.05, 0.1) is 22.7 Å². The fourth-order valence-electron chi connectivity index (χ4n) is 2.81. The fourth-order valence-corrected chi connectivity index (χ4v) is 4.02. The SMILES string of the molecule is CC(C)CN(CC(=O)Nc1nc(CC(=O)NC(C)C)cs1)C(=O)c1ccc(Cl)cc1Cl. The van der Waals surface area contributed by atoms with E-state index in [9.17, 15) is 14.4 Å². The van der Waals surface area contributed by atoms with Crippen molar-refractivity contribution in [3.63, 3.8) is 0 Å². The third-order valence-electron chi connectivity index (χ3n) is 3.96. The molecule has 1 heterocycles. The molecule has 3 amide bonds. The van der Waals surface area contributed by atoms with E-state index in [1.54, 1.807) is 17.5 Å². The van der Waals surface area contributed by atoms with Crippen LogP contribution >= 0.6 is 34.5 Å². The van der Waals surface area contributed by atoms with Crippen LogP contribution in [0.15, 0.2) is 23.6 Å². The van der Waals surface area contributed by atoms with Crippen molar-refractivity contribution < 1.29 is 14.4 Å². The summed E-state index contributed by atoms with van der Waals surface area (Å²) in [6, 6.07) is 4.68. The van der Waals surface area contributed by atoms with Crippen LogP contribution in [0.3, 0.4) is 0 Å². The van der Waals surface area contributed by atoms with Gasteiger partial charge in [0.2, 0.25) is 11.8 Å². The smallest absolute Gasteiger partial charge is 0.255 e. The van der Waals surface area contributed by atoms with Gasteiger partial charge in [-0.1, -0.05) is 37.0 Å². The number of amides is 3. The van der Waals surface area contributed by atoms with Gasteiger partial charge in [-0.15, -0.1) is 11.3 Å². The standard InChI is InChI=1S/C21H26Cl2N4O3S/c1-12(2)9-27(20(30)16-6-5-14(22)7-17(16)23)10-19(29)26-21-25-15(11-31-21)8-18(28)24-13(3)4/h5-7,11-13H,8-10H2,1-4H3,(H,24,28)(H,25,26,29). The Morgan fingerprint density at radius 3 is 2.45 bits per heavy atom. The van der Waals surface area contributed by atoms with Crippen LogP contribution in [0.1, 0.15) is 43.7 Å². The minimum absolute atomic E-state index is 0.0453. The van der Waals surface area contributed by atoms with Crippen molar-refractivity contribution in [3.8, 4) is 0 Å². The van der Waals surface area contributed by atoms with Gasteiger partial charge in [-0.2, -0.15) is 0 Å². The Labute approximate surface area is 196 Å². The Hall–Kier alpha value is -2.16. The van der Waals surface area contributed by atoms with Gasteiger partial charge in [-0.05, 0) is 38.0 Å². The molecule has 0 saturated heterocycles. The second-order valence-corrected chi connectivity index (χ2v) is 9.50. The van der Waals surface area contributed by atoms with Crippen molar-refractivity contribution in [2.24, 2.45) is 5.92 Å². The van der Waals surface area contributed by atoms with E-state index >= 15 is 0 Å². The number of hydrogen-bond acceptors (Lipinski definition) is 5. The maximum atomic E-state index is 13.0. The van der Waals surface area contributed by atoms with Crippen LogP contribution < -0.4 is 10.6 Å². The average Bonchev–Trinajstić information content (AvgIpc) is 3.06. The zero-order valence-electron chi connectivity index (χ0n) is 17.9. The predicted molar refractivity (Wildman–Crippen MR) is 125 cm³/mol. The molecular weight excluding hydrogens is 459 g/mol. The summed E-state index contributed by atoms with van der Waals surface area (Å²) in [5.74, 6) is -0.720. The van der Waals surface area contributed by atoms with Crippen LogP contribution in [0, 0.1) is 5.92 Å². The molecule has 0 aliphatic rings. The highest BCUT2D eigenvalue weighted by Gasteiger charge is 2.22. The molecule has 7 nitrogen and oxygen atoms in total. The van der Waals surface area contributed by atoms with Crippen molar-refractivity contribution in [2.75, 3.05) is 18.4 Å². The van der Waals surface area contributed by atoms with E-state index in [0.29, 0.717) is 22.4 Å². The quantitative estimate of drug-likeness (QED) is 0.556. The first kappa shape index (κ1) is 25.1. The molecule has 0 spiro atoms. The number of hydrogen-bond donors (Lipinski definition) is 2. The highest BCUT2D eigenvalue weighted by atomic mass is 35.5. The first-order chi connectivity index (χ1) is 14.5. The molecule has 0 radical (unpaired) electrons. The topological polar surface area (TPSA) is 91.4 Å². The molecule has 168 valence electrons. The molecular formula is C21H26Cl2N4O3S. The van der Waals surface area contributed by atoms with E-state index in [4.69, 9.17) is 23.2 Å². The molecule has 31 heavy (non-hydrogen) atoms. The molecule has 0 unspecified atom stereocenters. The molecule has 2 aromatic rings. The van der Waals surface area contributed by atoms with Crippen molar-refractivity contribution in [1.82, 2.24) is 15.2 Å². The monoisotopic (exact) mass is 484 g/mol. The van der Waals surface area contributed by atoms with Crippen molar-refractivity contribution in [1.29, 1.82) is 0 Å². The van der Waals surface area contributed by atoms with Crippen LogP contribution in [0.25, 0.3) is 0 Å². The van der Waals surface area contributed by atoms with E-state index in [1.807, 2.05) is 27.7 Å². The summed E-state index contributed by atoms with van der Waals surface area (Å²) in [6.07, 6.45) is 0.136. The lowest BCUT2D eigenvalue weighted by atomic mass is 10.1. The number of rotatable bonds is 9. The summed E-state index contributed by atoms with van der Waals surface area (Å²) in [5.41, 5.74) is 0.855. The molecule has 0 bridgehead atoms. The average molecular weight is 485 g/mol. The molecule has 2 rings (SSSR count). The van der Waals surface area contributed by atoms with Crippen LogP contribution in [0.4, 0.5) is 5.13 Å². The van der Waals surface area contributed by atoms with E-state index in [2.05, 4.69) is 15.6 Å². The molecule has 2 N–H and O–H groups in total. The number of carbonyl (C=O) groups is 3. The maximum absolute atomic E-state index is 13.0. The van der Waals surface area contributed by atoms with E-state index in [1.165, 1.54) is 22.3 Å². The molecule has 0 saturated carbocycles. The zero-order chi connectivity index (χ0) is 23.1. The number of benzene rings is 1. The lowest BCUT2D eigenvalue weighted by Gasteiger charge is -2.24. The van der Waals surface area contributed by atoms with Gasteiger partial charge in [0.25, 0.3) is 5.91 Å². The molecule has 0 fully saturated rings. The van der Waals surface area contributed by atoms with Crippen molar-refractivity contribution >= 4 is 57.4 Å². The lowest BCUT2D eigenvalue weighted by Crippen LogP contribution is -2.40. The molecule has 0 aliphatic heterocycles. The molecule has 0 atom stereocenters.